The van der Waals surface area contributed by atoms with Crippen molar-refractivity contribution in [3.8, 4) is 5.75 Å². The van der Waals surface area contributed by atoms with Crippen LogP contribution in [0.3, 0.4) is 0 Å². The molecule has 1 heterocycles. The molecule has 0 aliphatic carbocycles. The van der Waals surface area contributed by atoms with Crippen molar-refractivity contribution in [2.24, 2.45) is 0 Å². The lowest BCUT2D eigenvalue weighted by Gasteiger charge is -2.11. The molecule has 0 aromatic heterocycles. The number of nitrogen functional groups attached to an aromatic ring is 1. The van der Waals surface area contributed by atoms with Crippen molar-refractivity contribution in [2.75, 3.05) is 26.1 Å². The van der Waals surface area contributed by atoms with Gasteiger partial charge in [-0.3, -0.25) is 0 Å². The van der Waals surface area contributed by atoms with Crippen LogP contribution in [0.5, 0.6) is 5.75 Å². The summed E-state index contributed by atoms with van der Waals surface area (Å²) in [5.41, 5.74) is 6.60. The van der Waals surface area contributed by atoms with Crippen LogP contribution in [-0.4, -0.2) is 32.4 Å². The molecule has 98 valence electrons. The molecule has 0 spiro atoms. The Morgan fingerprint density at radius 3 is 3.06 bits per heavy atom. The van der Waals surface area contributed by atoms with Crippen LogP contribution in [0, 0.1) is 0 Å². The summed E-state index contributed by atoms with van der Waals surface area (Å²) >= 11 is 0. The number of methoxy groups -OCH3 is 1. The summed E-state index contributed by atoms with van der Waals surface area (Å²) in [7, 11) is 1.51. The van der Waals surface area contributed by atoms with E-state index in [4.69, 9.17) is 19.9 Å². The maximum absolute atomic E-state index is 11.8. The van der Waals surface area contributed by atoms with E-state index in [9.17, 15) is 4.79 Å². The van der Waals surface area contributed by atoms with E-state index in [1.54, 1.807) is 18.2 Å². The molecule has 1 aromatic carbocycles. The highest BCUT2D eigenvalue weighted by molar-refractivity contribution is 5.90. The normalized spacial score (nSPS) is 18.6. The van der Waals surface area contributed by atoms with E-state index in [-0.39, 0.29) is 12.1 Å². The summed E-state index contributed by atoms with van der Waals surface area (Å²) in [4.78, 5) is 11.8. The molecule has 0 amide bonds. The van der Waals surface area contributed by atoms with E-state index in [2.05, 4.69) is 0 Å². The van der Waals surface area contributed by atoms with E-state index >= 15 is 0 Å². The molecule has 5 heteroatoms. The first kappa shape index (κ1) is 12.7. The topological polar surface area (TPSA) is 70.8 Å². The number of rotatable bonds is 4. The number of hydrogen-bond acceptors (Lipinski definition) is 5. The number of hydrogen-bond donors (Lipinski definition) is 1. The van der Waals surface area contributed by atoms with Gasteiger partial charge in [0.1, 0.15) is 12.4 Å². The Kier molecular flexibility index (Phi) is 4.04. The summed E-state index contributed by atoms with van der Waals surface area (Å²) in [6.45, 7) is 1.05. The molecule has 1 unspecified atom stereocenters. The van der Waals surface area contributed by atoms with Crippen LogP contribution in [0.2, 0.25) is 0 Å². The van der Waals surface area contributed by atoms with E-state index in [0.29, 0.717) is 23.6 Å². The van der Waals surface area contributed by atoms with E-state index in [1.807, 2.05) is 0 Å². The minimum Gasteiger partial charge on any atom is -0.495 e. The third-order valence-electron chi connectivity index (χ3n) is 2.89. The molecule has 5 nitrogen and oxygen atoms in total. The fraction of sp³-hybridized carbons (Fsp3) is 0.462. The molecule has 0 saturated carbocycles. The highest BCUT2D eigenvalue weighted by Crippen LogP contribution is 2.22. The third kappa shape index (κ3) is 2.92. The number of ether oxygens (including phenoxy) is 3. The molecule has 1 aliphatic heterocycles. The largest absolute Gasteiger partial charge is 0.495 e. The van der Waals surface area contributed by atoms with Gasteiger partial charge in [0.25, 0.3) is 0 Å². The lowest BCUT2D eigenvalue weighted by molar-refractivity contribution is 0.0161. The van der Waals surface area contributed by atoms with Gasteiger partial charge < -0.3 is 19.9 Å². The van der Waals surface area contributed by atoms with Gasteiger partial charge in [-0.15, -0.1) is 0 Å². The van der Waals surface area contributed by atoms with Crippen molar-refractivity contribution < 1.29 is 19.0 Å². The molecule has 2 rings (SSSR count). The van der Waals surface area contributed by atoms with Crippen molar-refractivity contribution in [1.82, 2.24) is 0 Å². The van der Waals surface area contributed by atoms with Crippen LogP contribution in [0.1, 0.15) is 23.2 Å². The number of carbonyl (C=O) groups excluding carboxylic acids is 1. The molecular formula is C13H17NO4. The molecule has 2 N–H and O–H groups in total. The Balaban J connectivity index is 1.95. The second kappa shape index (κ2) is 5.73. The predicted octanol–water partition coefficient (Wildman–Crippen LogP) is 1.61. The second-order valence-corrected chi connectivity index (χ2v) is 4.19. The van der Waals surface area contributed by atoms with Gasteiger partial charge in [0.2, 0.25) is 0 Å². The molecule has 1 aromatic rings. The monoisotopic (exact) mass is 251 g/mol. The minimum atomic E-state index is -0.385. The standard InChI is InChI=1S/C13H17NO4/c1-16-12-7-9(4-5-11(12)14)13(15)18-8-10-3-2-6-17-10/h4-5,7,10H,2-3,6,8,14H2,1H3. The van der Waals surface area contributed by atoms with Gasteiger partial charge >= 0.3 is 5.97 Å². The maximum Gasteiger partial charge on any atom is 0.338 e. The van der Waals surface area contributed by atoms with Crippen LogP contribution < -0.4 is 10.5 Å². The fourth-order valence-corrected chi connectivity index (χ4v) is 1.87. The maximum atomic E-state index is 11.8. The first-order valence-corrected chi connectivity index (χ1v) is 5.93. The van der Waals surface area contributed by atoms with Gasteiger partial charge in [-0.25, -0.2) is 4.79 Å². The van der Waals surface area contributed by atoms with Crippen molar-refractivity contribution in [3.05, 3.63) is 23.8 Å². The van der Waals surface area contributed by atoms with Crippen LogP contribution in [0.4, 0.5) is 5.69 Å². The Bertz CT molecular complexity index is 427. The van der Waals surface area contributed by atoms with E-state index in [0.717, 1.165) is 19.4 Å². The van der Waals surface area contributed by atoms with Gasteiger partial charge in [0, 0.05) is 6.61 Å². The van der Waals surface area contributed by atoms with E-state index < -0.39 is 0 Å². The summed E-state index contributed by atoms with van der Waals surface area (Å²) < 4.78 is 15.6. The highest BCUT2D eigenvalue weighted by atomic mass is 16.6. The van der Waals surface area contributed by atoms with Gasteiger partial charge in [-0.1, -0.05) is 0 Å². The van der Waals surface area contributed by atoms with Crippen molar-refractivity contribution in [1.29, 1.82) is 0 Å². The molecule has 1 aliphatic rings. The molecule has 0 radical (unpaired) electrons. The zero-order valence-electron chi connectivity index (χ0n) is 10.3. The summed E-state index contributed by atoms with van der Waals surface area (Å²) in [5, 5.41) is 0. The number of nitrogens with two attached hydrogens (primary N) is 1. The summed E-state index contributed by atoms with van der Waals surface area (Å²) in [6, 6.07) is 4.82. The van der Waals surface area contributed by atoms with Crippen LogP contribution in [-0.2, 0) is 9.47 Å². The van der Waals surface area contributed by atoms with Crippen LogP contribution in [0.15, 0.2) is 18.2 Å². The number of carbonyl (C=O) groups is 1. The van der Waals surface area contributed by atoms with Crippen molar-refractivity contribution in [3.63, 3.8) is 0 Å². The molecular weight excluding hydrogens is 234 g/mol. The highest BCUT2D eigenvalue weighted by Gasteiger charge is 2.18. The molecule has 1 fully saturated rings. The smallest absolute Gasteiger partial charge is 0.338 e. The fourth-order valence-electron chi connectivity index (χ4n) is 1.87. The minimum absolute atomic E-state index is 0.0321. The predicted molar refractivity (Wildman–Crippen MR) is 66.7 cm³/mol. The average Bonchev–Trinajstić information content (AvgIpc) is 2.89. The van der Waals surface area contributed by atoms with Gasteiger partial charge in [-0.05, 0) is 31.0 Å². The Hall–Kier alpha value is -1.75. The SMILES string of the molecule is COc1cc(C(=O)OCC2CCCO2)ccc1N. The zero-order chi connectivity index (χ0) is 13.0. The first-order chi connectivity index (χ1) is 8.70. The Morgan fingerprint density at radius 1 is 1.56 bits per heavy atom. The Labute approximate surface area is 106 Å². The Morgan fingerprint density at radius 2 is 2.39 bits per heavy atom. The number of esters is 1. The number of anilines is 1. The van der Waals surface area contributed by atoms with Gasteiger partial charge in [0.15, 0.2) is 0 Å². The van der Waals surface area contributed by atoms with Gasteiger partial charge in [-0.2, -0.15) is 0 Å². The lowest BCUT2D eigenvalue weighted by atomic mass is 10.2. The summed E-state index contributed by atoms with van der Waals surface area (Å²) in [5.74, 6) is 0.0883. The van der Waals surface area contributed by atoms with Crippen molar-refractivity contribution >= 4 is 11.7 Å². The first-order valence-electron chi connectivity index (χ1n) is 5.93. The van der Waals surface area contributed by atoms with Crippen LogP contribution >= 0.6 is 0 Å². The van der Waals surface area contributed by atoms with Crippen LogP contribution in [0.25, 0.3) is 0 Å². The zero-order valence-corrected chi connectivity index (χ0v) is 10.3. The number of benzene rings is 1. The lowest BCUT2D eigenvalue weighted by Crippen LogP contribution is -2.17. The van der Waals surface area contributed by atoms with Gasteiger partial charge in [0.05, 0.1) is 24.5 Å². The summed E-state index contributed by atoms with van der Waals surface area (Å²) in [6.07, 6.45) is 2.00. The molecule has 0 bridgehead atoms. The quantitative estimate of drug-likeness (QED) is 0.650. The molecule has 1 saturated heterocycles. The molecule has 18 heavy (non-hydrogen) atoms. The third-order valence-corrected chi connectivity index (χ3v) is 2.89. The second-order valence-electron chi connectivity index (χ2n) is 4.19. The van der Waals surface area contributed by atoms with E-state index in [1.165, 1.54) is 7.11 Å². The molecule has 1 atom stereocenters. The average molecular weight is 251 g/mol. The van der Waals surface area contributed by atoms with Crippen molar-refractivity contribution in [2.45, 2.75) is 18.9 Å².